The molecule has 2 fully saturated rings. The number of nitrogens with zero attached hydrogens (tertiary/aromatic N) is 1. The Morgan fingerprint density at radius 2 is 1.89 bits per heavy atom. The van der Waals surface area contributed by atoms with Crippen molar-refractivity contribution in [2.24, 2.45) is 11.3 Å². The molecule has 1 saturated heterocycles. The Morgan fingerprint density at radius 3 is 2.41 bits per heavy atom. The van der Waals surface area contributed by atoms with Gasteiger partial charge in [-0.2, -0.15) is 0 Å². The van der Waals surface area contributed by atoms with Crippen LogP contribution in [0.5, 0.6) is 0 Å². The molecule has 1 spiro atoms. The highest BCUT2D eigenvalue weighted by molar-refractivity contribution is 5.80. The number of aliphatic hydroxyl groups is 1. The van der Waals surface area contributed by atoms with E-state index in [1.165, 1.54) is 11.1 Å². The maximum absolute atomic E-state index is 12.5. The van der Waals surface area contributed by atoms with Gasteiger partial charge in [0.1, 0.15) is 0 Å². The maximum Gasteiger partial charge on any atom is 0.228 e. The molecule has 0 bridgehead atoms. The van der Waals surface area contributed by atoms with E-state index in [9.17, 15) is 9.90 Å². The van der Waals surface area contributed by atoms with Crippen molar-refractivity contribution in [1.29, 1.82) is 0 Å². The molecule has 1 heterocycles. The standard InChI is InChI=1S/C23H35NO3/c1-5-18(14-25)21(26)24-15-22(16-24)9-11-23(27-4,12-10-22)20-8-6-7-19(13-20)17(2)3/h6-8,13,17-18,25H,5,9-12,14-16H2,1-4H3/t18-/m1/s1. The minimum absolute atomic E-state index is 0.0438. The first-order valence-electron chi connectivity index (χ1n) is 10.4. The first-order valence-corrected chi connectivity index (χ1v) is 10.4. The van der Waals surface area contributed by atoms with Crippen LogP contribution in [0.1, 0.15) is 69.9 Å². The molecule has 1 amide bonds. The van der Waals surface area contributed by atoms with Gasteiger partial charge in [0.25, 0.3) is 0 Å². The number of amides is 1. The van der Waals surface area contributed by atoms with Gasteiger partial charge in [0, 0.05) is 25.6 Å². The summed E-state index contributed by atoms with van der Waals surface area (Å²) in [6, 6.07) is 8.87. The molecule has 1 aliphatic carbocycles. The van der Waals surface area contributed by atoms with Gasteiger partial charge in [-0.15, -0.1) is 0 Å². The normalized spacial score (nSPS) is 21.9. The molecule has 0 aromatic heterocycles. The monoisotopic (exact) mass is 373 g/mol. The van der Waals surface area contributed by atoms with E-state index in [1.54, 1.807) is 0 Å². The van der Waals surface area contributed by atoms with E-state index in [4.69, 9.17) is 4.74 Å². The molecule has 1 aliphatic heterocycles. The van der Waals surface area contributed by atoms with E-state index in [0.717, 1.165) is 38.8 Å². The highest BCUT2D eigenvalue weighted by atomic mass is 16.5. The number of carbonyl (C=O) groups is 1. The van der Waals surface area contributed by atoms with Crippen LogP contribution < -0.4 is 0 Å². The van der Waals surface area contributed by atoms with Gasteiger partial charge in [0.2, 0.25) is 5.91 Å². The molecule has 27 heavy (non-hydrogen) atoms. The third-order valence-corrected chi connectivity index (χ3v) is 7.02. The number of benzene rings is 1. The van der Waals surface area contributed by atoms with Gasteiger partial charge in [-0.1, -0.05) is 45.0 Å². The number of likely N-dealkylation sites (tertiary alicyclic amines) is 1. The van der Waals surface area contributed by atoms with E-state index in [0.29, 0.717) is 12.3 Å². The fourth-order valence-corrected chi connectivity index (χ4v) is 4.85. The van der Waals surface area contributed by atoms with Crippen LogP contribution in [-0.2, 0) is 15.1 Å². The minimum Gasteiger partial charge on any atom is -0.396 e. The number of rotatable bonds is 6. The van der Waals surface area contributed by atoms with Gasteiger partial charge in [0.05, 0.1) is 18.1 Å². The lowest BCUT2D eigenvalue weighted by Gasteiger charge is -2.56. The summed E-state index contributed by atoms with van der Waals surface area (Å²) in [6.07, 6.45) is 4.89. The zero-order chi connectivity index (χ0) is 19.7. The Balaban J connectivity index is 1.66. The summed E-state index contributed by atoms with van der Waals surface area (Å²) in [5.74, 6) is 0.402. The minimum atomic E-state index is -0.234. The van der Waals surface area contributed by atoms with Crippen LogP contribution in [0.25, 0.3) is 0 Å². The first-order chi connectivity index (χ1) is 12.9. The van der Waals surface area contributed by atoms with Crippen LogP contribution >= 0.6 is 0 Å². The smallest absolute Gasteiger partial charge is 0.228 e. The maximum atomic E-state index is 12.5. The Kier molecular flexibility index (Phi) is 5.97. The summed E-state index contributed by atoms with van der Waals surface area (Å²) >= 11 is 0. The van der Waals surface area contributed by atoms with Crippen molar-refractivity contribution < 1.29 is 14.6 Å². The molecular weight excluding hydrogens is 338 g/mol. The zero-order valence-corrected chi connectivity index (χ0v) is 17.3. The molecule has 0 unspecified atom stereocenters. The topological polar surface area (TPSA) is 49.8 Å². The van der Waals surface area contributed by atoms with Crippen LogP contribution in [-0.4, -0.2) is 42.7 Å². The largest absolute Gasteiger partial charge is 0.396 e. The van der Waals surface area contributed by atoms with E-state index in [-0.39, 0.29) is 29.4 Å². The zero-order valence-electron chi connectivity index (χ0n) is 17.3. The van der Waals surface area contributed by atoms with Gasteiger partial charge in [-0.05, 0) is 49.1 Å². The van der Waals surface area contributed by atoms with Crippen molar-refractivity contribution in [3.05, 3.63) is 35.4 Å². The SMILES string of the molecule is CC[C@H](CO)C(=O)N1CC2(CCC(OC)(c3cccc(C(C)C)c3)CC2)C1. The molecule has 1 atom stereocenters. The van der Waals surface area contributed by atoms with Gasteiger partial charge < -0.3 is 14.7 Å². The van der Waals surface area contributed by atoms with E-state index < -0.39 is 0 Å². The third kappa shape index (κ3) is 3.79. The van der Waals surface area contributed by atoms with Crippen LogP contribution in [0.4, 0.5) is 0 Å². The number of hydrogen-bond acceptors (Lipinski definition) is 3. The third-order valence-electron chi connectivity index (χ3n) is 7.02. The van der Waals surface area contributed by atoms with Crippen molar-refractivity contribution >= 4 is 5.91 Å². The Hall–Kier alpha value is -1.39. The predicted molar refractivity (Wildman–Crippen MR) is 108 cm³/mol. The lowest BCUT2D eigenvalue weighted by atomic mass is 9.62. The fourth-order valence-electron chi connectivity index (χ4n) is 4.85. The summed E-state index contributed by atoms with van der Waals surface area (Å²) in [6.45, 7) is 8.06. The van der Waals surface area contributed by atoms with Gasteiger partial charge in [0.15, 0.2) is 0 Å². The van der Waals surface area contributed by atoms with Gasteiger partial charge >= 0.3 is 0 Å². The number of hydrogen-bond donors (Lipinski definition) is 1. The predicted octanol–water partition coefficient (Wildman–Crippen LogP) is 4.07. The van der Waals surface area contributed by atoms with Crippen LogP contribution in [0.2, 0.25) is 0 Å². The van der Waals surface area contributed by atoms with Gasteiger partial charge in [-0.25, -0.2) is 0 Å². The Morgan fingerprint density at radius 1 is 1.22 bits per heavy atom. The number of methoxy groups -OCH3 is 1. The van der Waals surface area contributed by atoms with Crippen molar-refractivity contribution in [3.63, 3.8) is 0 Å². The molecule has 2 aliphatic rings. The number of ether oxygens (including phenoxy) is 1. The molecule has 4 nitrogen and oxygen atoms in total. The molecule has 150 valence electrons. The lowest BCUT2D eigenvalue weighted by Crippen LogP contribution is -2.62. The second-order valence-corrected chi connectivity index (χ2v) is 8.96. The average Bonchev–Trinajstić information content (AvgIpc) is 2.67. The summed E-state index contributed by atoms with van der Waals surface area (Å²) in [5, 5.41) is 9.39. The van der Waals surface area contributed by atoms with E-state index in [2.05, 4.69) is 38.1 Å². The van der Waals surface area contributed by atoms with Crippen LogP contribution in [0.15, 0.2) is 24.3 Å². The Bertz CT molecular complexity index is 649. The second-order valence-electron chi connectivity index (χ2n) is 8.96. The van der Waals surface area contributed by atoms with E-state index >= 15 is 0 Å². The quantitative estimate of drug-likeness (QED) is 0.818. The second kappa shape index (κ2) is 7.92. The summed E-state index contributed by atoms with van der Waals surface area (Å²) in [4.78, 5) is 14.4. The van der Waals surface area contributed by atoms with Gasteiger partial charge in [-0.3, -0.25) is 4.79 Å². The molecule has 3 rings (SSSR count). The summed E-state index contributed by atoms with van der Waals surface area (Å²) < 4.78 is 6.10. The summed E-state index contributed by atoms with van der Waals surface area (Å²) in [7, 11) is 1.84. The van der Waals surface area contributed by atoms with Crippen molar-refractivity contribution in [2.75, 3.05) is 26.8 Å². The lowest BCUT2D eigenvalue weighted by molar-refractivity contribution is -0.158. The molecule has 4 heteroatoms. The van der Waals surface area contributed by atoms with E-state index in [1.807, 2.05) is 18.9 Å². The van der Waals surface area contributed by atoms with Crippen molar-refractivity contribution in [2.45, 2.75) is 64.4 Å². The number of carbonyl (C=O) groups excluding carboxylic acids is 1. The average molecular weight is 374 g/mol. The number of aliphatic hydroxyl groups excluding tert-OH is 1. The molecule has 1 aromatic rings. The molecule has 1 saturated carbocycles. The summed E-state index contributed by atoms with van der Waals surface area (Å²) in [5.41, 5.74) is 2.71. The van der Waals surface area contributed by atoms with Crippen LogP contribution in [0.3, 0.4) is 0 Å². The molecule has 0 radical (unpaired) electrons. The van der Waals surface area contributed by atoms with Crippen molar-refractivity contribution in [3.8, 4) is 0 Å². The Labute approximate surface area is 163 Å². The highest BCUT2D eigenvalue weighted by Gasteiger charge is 2.51. The first kappa shape index (κ1) is 20.3. The molecule has 1 aromatic carbocycles. The van der Waals surface area contributed by atoms with Crippen molar-refractivity contribution in [1.82, 2.24) is 4.90 Å². The molecular formula is C23H35NO3. The fraction of sp³-hybridized carbons (Fsp3) is 0.696. The molecule has 1 N–H and O–H groups in total. The highest BCUT2D eigenvalue weighted by Crippen LogP contribution is 2.51. The van der Waals surface area contributed by atoms with Crippen LogP contribution in [0, 0.1) is 11.3 Å².